The molecule has 1 N–H and O–H groups in total. The molecule has 0 bridgehead atoms. The predicted octanol–water partition coefficient (Wildman–Crippen LogP) is 4.72. The average Bonchev–Trinajstić information content (AvgIpc) is 3.01. The van der Waals surface area contributed by atoms with Crippen LogP contribution in [0.5, 0.6) is 11.5 Å². The van der Waals surface area contributed by atoms with Crippen molar-refractivity contribution < 1.29 is 9.84 Å². The predicted molar refractivity (Wildman–Crippen MR) is 99.3 cm³/mol. The van der Waals surface area contributed by atoms with Crippen molar-refractivity contribution in [1.82, 2.24) is 15.0 Å². The zero-order valence-electron chi connectivity index (χ0n) is 14.9. The van der Waals surface area contributed by atoms with Crippen LogP contribution in [0.2, 0.25) is 0 Å². The largest absolute Gasteiger partial charge is 0.505 e. The van der Waals surface area contributed by atoms with Gasteiger partial charge in [-0.2, -0.15) is 0 Å². The highest BCUT2D eigenvalue weighted by molar-refractivity contribution is 5.73. The normalized spacial score (nSPS) is 11.3. The van der Waals surface area contributed by atoms with Crippen LogP contribution in [0, 0.1) is 5.92 Å². The molecule has 25 heavy (non-hydrogen) atoms. The lowest BCUT2D eigenvalue weighted by Crippen LogP contribution is -2.01. The number of aromatic nitrogens is 3. The lowest BCUT2D eigenvalue weighted by Gasteiger charge is -2.09. The molecule has 5 nitrogen and oxygen atoms in total. The second kappa shape index (κ2) is 8.01. The summed E-state index contributed by atoms with van der Waals surface area (Å²) in [6.45, 7) is 5.16. The molecule has 5 heteroatoms. The van der Waals surface area contributed by atoms with Gasteiger partial charge in [-0.1, -0.05) is 45.2 Å². The highest BCUT2D eigenvalue weighted by Crippen LogP contribution is 2.27. The molecule has 0 fully saturated rings. The Bertz CT molecular complexity index is 794. The van der Waals surface area contributed by atoms with E-state index in [1.165, 1.54) is 24.1 Å². The van der Waals surface area contributed by atoms with E-state index in [9.17, 15) is 5.11 Å². The summed E-state index contributed by atoms with van der Waals surface area (Å²) in [4.78, 5) is 1.45. The van der Waals surface area contributed by atoms with Crippen molar-refractivity contribution in [1.29, 1.82) is 0 Å². The minimum absolute atomic E-state index is 0.109. The molecule has 0 atom stereocenters. The first-order valence-corrected chi connectivity index (χ1v) is 8.92. The molecule has 2 aromatic carbocycles. The Morgan fingerprint density at radius 2 is 1.72 bits per heavy atom. The first-order chi connectivity index (χ1) is 12.1. The molecule has 0 aliphatic carbocycles. The molecule has 0 amide bonds. The van der Waals surface area contributed by atoms with Gasteiger partial charge in [0.1, 0.15) is 28.2 Å². The number of hydrogen-bond acceptors (Lipinski definition) is 4. The van der Waals surface area contributed by atoms with Gasteiger partial charge in [0.2, 0.25) is 0 Å². The number of benzene rings is 2. The first-order valence-electron chi connectivity index (χ1n) is 8.92. The van der Waals surface area contributed by atoms with Crippen molar-refractivity contribution in [3.8, 4) is 17.2 Å². The summed E-state index contributed by atoms with van der Waals surface area (Å²) in [7, 11) is 0. The Kier molecular flexibility index (Phi) is 5.53. The fraction of sp³-hybridized carbons (Fsp3) is 0.400. The third kappa shape index (κ3) is 4.50. The summed E-state index contributed by atoms with van der Waals surface area (Å²) in [6, 6.07) is 12.9. The highest BCUT2D eigenvalue weighted by atomic mass is 16.5. The molecule has 3 aromatic rings. The Morgan fingerprint density at radius 1 is 1.00 bits per heavy atom. The Balaban J connectivity index is 1.59. The molecule has 0 saturated heterocycles. The second-order valence-electron chi connectivity index (χ2n) is 6.72. The average molecular weight is 339 g/mol. The van der Waals surface area contributed by atoms with Crippen molar-refractivity contribution in [2.45, 2.75) is 39.5 Å². The number of phenolic OH excluding ortho intramolecular Hbond substituents is 1. The molecule has 3 rings (SSSR count). The van der Waals surface area contributed by atoms with E-state index in [2.05, 4.69) is 24.0 Å². The summed E-state index contributed by atoms with van der Waals surface area (Å²) in [5.74, 6) is 1.54. The second-order valence-corrected chi connectivity index (χ2v) is 6.72. The monoisotopic (exact) mass is 339 g/mol. The number of phenols is 1. The lowest BCUT2D eigenvalue weighted by atomic mass is 10.1. The van der Waals surface area contributed by atoms with Crippen molar-refractivity contribution >= 4 is 11.0 Å². The van der Waals surface area contributed by atoms with Gasteiger partial charge in [-0.3, -0.25) is 0 Å². The zero-order chi connectivity index (χ0) is 17.6. The van der Waals surface area contributed by atoms with Gasteiger partial charge >= 0.3 is 0 Å². The van der Waals surface area contributed by atoms with Gasteiger partial charge in [0.15, 0.2) is 0 Å². The number of nitrogens with zero attached hydrogens (tertiary/aromatic N) is 3. The van der Waals surface area contributed by atoms with Gasteiger partial charge in [-0.25, -0.2) is 0 Å². The zero-order valence-corrected chi connectivity index (χ0v) is 14.9. The van der Waals surface area contributed by atoms with Gasteiger partial charge in [0, 0.05) is 6.07 Å². The van der Waals surface area contributed by atoms with Gasteiger partial charge in [0.05, 0.1) is 6.61 Å². The van der Waals surface area contributed by atoms with Crippen molar-refractivity contribution in [3.63, 3.8) is 0 Å². The summed E-state index contributed by atoms with van der Waals surface area (Å²) in [5, 5.41) is 19.1. The van der Waals surface area contributed by atoms with Crippen LogP contribution in [-0.2, 0) is 0 Å². The summed E-state index contributed by atoms with van der Waals surface area (Å²) in [6.07, 6.45) is 4.71. The molecule has 0 radical (unpaired) electrons. The molecular formula is C20H25N3O2. The molecule has 0 saturated carbocycles. The van der Waals surface area contributed by atoms with Crippen LogP contribution in [0.1, 0.15) is 39.5 Å². The van der Waals surface area contributed by atoms with Gasteiger partial charge in [-0.15, -0.1) is 15.0 Å². The number of ether oxygens (including phenoxy) is 1. The smallest absolute Gasteiger partial charge is 0.146 e. The quantitative estimate of drug-likeness (QED) is 0.603. The third-order valence-corrected chi connectivity index (χ3v) is 4.14. The maximum atomic E-state index is 10.3. The molecular weight excluding hydrogens is 314 g/mol. The molecule has 132 valence electrons. The van der Waals surface area contributed by atoms with Gasteiger partial charge < -0.3 is 9.84 Å². The topological polar surface area (TPSA) is 60.2 Å². The van der Waals surface area contributed by atoms with E-state index < -0.39 is 0 Å². The number of rotatable bonds is 8. The molecule has 0 aliphatic rings. The standard InChI is InChI=1S/C20H25N3O2/c1-15(2)8-4-3-7-13-25-16-11-12-19(20(24)14-16)23-21-17-9-5-6-10-18(17)22-23/h5-6,9-12,14-15,24H,3-4,7-8,13H2,1-2H3. The van der Waals surface area contributed by atoms with E-state index in [1.54, 1.807) is 12.1 Å². The van der Waals surface area contributed by atoms with E-state index in [1.807, 2.05) is 30.3 Å². The highest BCUT2D eigenvalue weighted by Gasteiger charge is 2.09. The van der Waals surface area contributed by atoms with E-state index in [-0.39, 0.29) is 5.75 Å². The van der Waals surface area contributed by atoms with Crippen LogP contribution < -0.4 is 4.74 Å². The Labute approximate surface area is 148 Å². The third-order valence-electron chi connectivity index (χ3n) is 4.14. The molecule has 1 heterocycles. The van der Waals surface area contributed by atoms with E-state index >= 15 is 0 Å². The fourth-order valence-corrected chi connectivity index (χ4v) is 2.75. The number of fused-ring (bicyclic) bond motifs is 1. The summed E-state index contributed by atoms with van der Waals surface area (Å²) >= 11 is 0. The van der Waals surface area contributed by atoms with Crippen LogP contribution in [-0.4, -0.2) is 26.7 Å². The minimum Gasteiger partial charge on any atom is -0.505 e. The van der Waals surface area contributed by atoms with Crippen LogP contribution in [0.25, 0.3) is 16.7 Å². The van der Waals surface area contributed by atoms with Gasteiger partial charge in [-0.05, 0) is 36.6 Å². The summed E-state index contributed by atoms with van der Waals surface area (Å²) < 4.78 is 5.73. The SMILES string of the molecule is CC(C)CCCCCOc1ccc(-n2nc3ccccc3n2)c(O)c1. The van der Waals surface area contributed by atoms with Crippen LogP contribution >= 0.6 is 0 Å². The molecule has 0 unspecified atom stereocenters. The fourth-order valence-electron chi connectivity index (χ4n) is 2.75. The van der Waals surface area contributed by atoms with Crippen molar-refractivity contribution in [2.75, 3.05) is 6.61 Å². The van der Waals surface area contributed by atoms with E-state index in [0.29, 0.717) is 18.0 Å². The van der Waals surface area contributed by atoms with Gasteiger partial charge in [0.25, 0.3) is 0 Å². The maximum Gasteiger partial charge on any atom is 0.146 e. The molecule has 0 spiro atoms. The number of aromatic hydroxyl groups is 1. The minimum atomic E-state index is 0.109. The van der Waals surface area contributed by atoms with Crippen LogP contribution in [0.15, 0.2) is 42.5 Å². The van der Waals surface area contributed by atoms with Crippen LogP contribution in [0.3, 0.4) is 0 Å². The van der Waals surface area contributed by atoms with Crippen molar-refractivity contribution in [2.24, 2.45) is 5.92 Å². The van der Waals surface area contributed by atoms with E-state index in [0.717, 1.165) is 23.4 Å². The first kappa shape index (κ1) is 17.3. The molecule has 1 aromatic heterocycles. The molecule has 0 aliphatic heterocycles. The number of hydrogen-bond donors (Lipinski definition) is 1. The van der Waals surface area contributed by atoms with Crippen molar-refractivity contribution in [3.05, 3.63) is 42.5 Å². The Morgan fingerprint density at radius 3 is 2.36 bits per heavy atom. The van der Waals surface area contributed by atoms with Crippen LogP contribution in [0.4, 0.5) is 0 Å². The lowest BCUT2D eigenvalue weighted by molar-refractivity contribution is 0.301. The maximum absolute atomic E-state index is 10.3. The van der Waals surface area contributed by atoms with E-state index in [4.69, 9.17) is 4.74 Å². The number of unbranched alkanes of at least 4 members (excludes halogenated alkanes) is 2. The summed E-state index contributed by atoms with van der Waals surface area (Å²) in [5.41, 5.74) is 2.13. The Hall–Kier alpha value is -2.56.